The van der Waals surface area contributed by atoms with E-state index in [-0.39, 0.29) is 18.4 Å². The molecule has 3 aromatic carbocycles. The number of benzene rings is 3. The average Bonchev–Trinajstić information content (AvgIpc) is 2.73. The van der Waals surface area contributed by atoms with Crippen molar-refractivity contribution in [2.75, 3.05) is 31.3 Å². The number of anilines is 2. The zero-order chi connectivity index (χ0) is 20.8. The third-order valence-corrected chi connectivity index (χ3v) is 4.85. The van der Waals surface area contributed by atoms with Crippen molar-refractivity contribution in [2.45, 2.75) is 13.0 Å². The summed E-state index contributed by atoms with van der Waals surface area (Å²) in [5, 5.41) is 7.84. The van der Waals surface area contributed by atoms with Crippen molar-refractivity contribution >= 4 is 34.0 Å². The Morgan fingerprint density at radius 3 is 2.38 bits per heavy atom. The molecule has 2 amide bonds. The van der Waals surface area contributed by atoms with Crippen LogP contribution in [-0.2, 0) is 9.59 Å². The van der Waals surface area contributed by atoms with Gasteiger partial charge in [0, 0.05) is 16.8 Å². The highest BCUT2D eigenvalue weighted by Gasteiger charge is 2.21. The summed E-state index contributed by atoms with van der Waals surface area (Å²) >= 11 is 0. The van der Waals surface area contributed by atoms with Crippen LogP contribution in [0.5, 0.6) is 5.75 Å². The smallest absolute Gasteiger partial charge is 0.241 e. The first kappa shape index (κ1) is 20.4. The Morgan fingerprint density at radius 1 is 0.966 bits per heavy atom. The first-order valence-electron chi connectivity index (χ1n) is 9.40. The molecule has 3 aromatic rings. The quantitative estimate of drug-likeness (QED) is 0.644. The highest BCUT2D eigenvalue weighted by Crippen LogP contribution is 2.23. The van der Waals surface area contributed by atoms with E-state index < -0.39 is 6.04 Å². The predicted molar refractivity (Wildman–Crippen MR) is 116 cm³/mol. The Bertz CT molecular complexity index is 996. The van der Waals surface area contributed by atoms with Crippen LogP contribution in [0.15, 0.2) is 66.7 Å². The van der Waals surface area contributed by atoms with Crippen LogP contribution < -0.4 is 15.4 Å². The van der Waals surface area contributed by atoms with Gasteiger partial charge in [0.2, 0.25) is 11.8 Å². The molecule has 0 aliphatic heterocycles. The Morgan fingerprint density at radius 2 is 1.66 bits per heavy atom. The van der Waals surface area contributed by atoms with Gasteiger partial charge in [-0.2, -0.15) is 0 Å². The van der Waals surface area contributed by atoms with Gasteiger partial charge in [-0.25, -0.2) is 0 Å². The van der Waals surface area contributed by atoms with Gasteiger partial charge in [-0.3, -0.25) is 14.5 Å². The van der Waals surface area contributed by atoms with E-state index >= 15 is 0 Å². The second kappa shape index (κ2) is 9.21. The Labute approximate surface area is 170 Å². The van der Waals surface area contributed by atoms with Crippen LogP contribution in [0.3, 0.4) is 0 Å². The molecular weight excluding hydrogens is 366 g/mol. The maximum atomic E-state index is 12.7. The summed E-state index contributed by atoms with van der Waals surface area (Å²) in [6.07, 6.45) is 0. The number of likely N-dealkylation sites (N-methyl/N-ethyl adjacent to an activating group) is 1. The lowest BCUT2D eigenvalue weighted by Crippen LogP contribution is -2.43. The fourth-order valence-corrected chi connectivity index (χ4v) is 3.01. The molecule has 0 saturated heterocycles. The van der Waals surface area contributed by atoms with Gasteiger partial charge in [-0.05, 0) is 49.7 Å². The molecule has 0 radical (unpaired) electrons. The highest BCUT2D eigenvalue weighted by atomic mass is 16.5. The van der Waals surface area contributed by atoms with Crippen LogP contribution in [0.2, 0.25) is 0 Å². The molecule has 0 aliphatic carbocycles. The van der Waals surface area contributed by atoms with Gasteiger partial charge in [0.25, 0.3) is 0 Å². The molecule has 0 heterocycles. The normalized spacial score (nSPS) is 11.9. The summed E-state index contributed by atoms with van der Waals surface area (Å²) in [6.45, 7) is 1.87. The third kappa shape index (κ3) is 5.12. The number of hydrogen-bond acceptors (Lipinski definition) is 4. The summed E-state index contributed by atoms with van der Waals surface area (Å²) in [6, 6.07) is 20.3. The summed E-state index contributed by atoms with van der Waals surface area (Å²) in [7, 11) is 3.34. The molecule has 1 atom stereocenters. The number of rotatable bonds is 7. The zero-order valence-corrected chi connectivity index (χ0v) is 16.8. The lowest BCUT2D eigenvalue weighted by Gasteiger charge is -2.23. The number of hydrogen-bond donors (Lipinski definition) is 2. The molecule has 0 bridgehead atoms. The molecule has 6 heteroatoms. The van der Waals surface area contributed by atoms with Gasteiger partial charge in [0.15, 0.2) is 0 Å². The van der Waals surface area contributed by atoms with Crippen LogP contribution in [0, 0.1) is 0 Å². The Kier molecular flexibility index (Phi) is 6.46. The Hall–Kier alpha value is -3.38. The Balaban J connectivity index is 1.59. The van der Waals surface area contributed by atoms with Crippen molar-refractivity contribution in [1.82, 2.24) is 4.90 Å². The second-order valence-electron chi connectivity index (χ2n) is 6.88. The average molecular weight is 391 g/mol. The van der Waals surface area contributed by atoms with E-state index in [1.165, 1.54) is 0 Å². The van der Waals surface area contributed by atoms with Crippen molar-refractivity contribution < 1.29 is 14.3 Å². The number of methoxy groups -OCH3 is 1. The van der Waals surface area contributed by atoms with E-state index in [0.29, 0.717) is 5.69 Å². The molecule has 150 valence electrons. The van der Waals surface area contributed by atoms with Gasteiger partial charge >= 0.3 is 0 Å². The van der Waals surface area contributed by atoms with Gasteiger partial charge in [0.1, 0.15) is 5.75 Å². The molecular formula is C23H25N3O3. The van der Waals surface area contributed by atoms with Crippen molar-refractivity contribution in [3.05, 3.63) is 66.7 Å². The molecule has 0 aromatic heterocycles. The topological polar surface area (TPSA) is 70.7 Å². The van der Waals surface area contributed by atoms with Crippen LogP contribution in [0.25, 0.3) is 10.8 Å². The number of fused-ring (bicyclic) bond motifs is 1. The minimum atomic E-state index is -0.476. The van der Waals surface area contributed by atoms with Crippen LogP contribution in [0.1, 0.15) is 6.92 Å². The first-order valence-corrected chi connectivity index (χ1v) is 9.40. The fraction of sp³-hybridized carbons (Fsp3) is 0.217. The van der Waals surface area contributed by atoms with Gasteiger partial charge in [0.05, 0.1) is 19.7 Å². The number of amides is 2. The third-order valence-electron chi connectivity index (χ3n) is 4.85. The minimum absolute atomic E-state index is 0.0934. The summed E-state index contributed by atoms with van der Waals surface area (Å²) in [4.78, 5) is 26.7. The predicted octanol–water partition coefficient (Wildman–Crippen LogP) is 3.75. The second-order valence-corrected chi connectivity index (χ2v) is 6.88. The molecule has 1 unspecified atom stereocenters. The summed E-state index contributed by atoms with van der Waals surface area (Å²) in [5.74, 6) is 0.363. The standard InChI is InChI=1S/C23H25N3O3/c1-16(23(28)25-21-10-6-8-17-7-4-5-9-20(17)21)26(2)15-22(27)24-18-11-13-19(29-3)14-12-18/h4-14,16H,15H2,1-3H3,(H,24,27)(H,25,28). The van der Waals surface area contributed by atoms with Crippen molar-refractivity contribution in [1.29, 1.82) is 0 Å². The minimum Gasteiger partial charge on any atom is -0.497 e. The largest absolute Gasteiger partial charge is 0.497 e. The first-order chi connectivity index (χ1) is 14.0. The van der Waals surface area contributed by atoms with Gasteiger partial charge in [-0.15, -0.1) is 0 Å². The molecule has 29 heavy (non-hydrogen) atoms. The molecule has 0 fully saturated rings. The molecule has 6 nitrogen and oxygen atoms in total. The number of nitrogens with zero attached hydrogens (tertiary/aromatic N) is 1. The van der Waals surface area contributed by atoms with E-state index in [1.807, 2.05) is 42.5 Å². The zero-order valence-electron chi connectivity index (χ0n) is 16.8. The van der Waals surface area contributed by atoms with Crippen LogP contribution >= 0.6 is 0 Å². The van der Waals surface area contributed by atoms with Gasteiger partial charge in [-0.1, -0.05) is 36.4 Å². The maximum absolute atomic E-state index is 12.7. The lowest BCUT2D eigenvalue weighted by atomic mass is 10.1. The van der Waals surface area contributed by atoms with E-state index in [9.17, 15) is 9.59 Å². The van der Waals surface area contributed by atoms with Crippen molar-refractivity contribution in [2.24, 2.45) is 0 Å². The SMILES string of the molecule is COc1ccc(NC(=O)CN(C)C(C)C(=O)Nc2cccc3ccccc23)cc1. The van der Waals surface area contributed by atoms with Gasteiger partial charge < -0.3 is 15.4 Å². The number of carbonyl (C=O) groups is 2. The van der Waals surface area contributed by atoms with Crippen molar-refractivity contribution in [3.8, 4) is 5.75 Å². The number of nitrogens with one attached hydrogen (secondary N) is 2. The molecule has 0 saturated carbocycles. The monoisotopic (exact) mass is 391 g/mol. The van der Waals surface area contributed by atoms with Crippen LogP contribution in [-0.4, -0.2) is 43.5 Å². The number of ether oxygens (including phenoxy) is 1. The fourth-order valence-electron chi connectivity index (χ4n) is 3.01. The summed E-state index contributed by atoms with van der Waals surface area (Å²) in [5.41, 5.74) is 1.44. The van der Waals surface area contributed by atoms with Crippen LogP contribution in [0.4, 0.5) is 11.4 Å². The van der Waals surface area contributed by atoms with E-state index in [2.05, 4.69) is 10.6 Å². The van der Waals surface area contributed by atoms with Crippen molar-refractivity contribution in [3.63, 3.8) is 0 Å². The summed E-state index contributed by atoms with van der Waals surface area (Å²) < 4.78 is 5.11. The molecule has 3 rings (SSSR count). The van der Waals surface area contributed by atoms with E-state index in [1.54, 1.807) is 50.2 Å². The molecule has 2 N–H and O–H groups in total. The van der Waals surface area contributed by atoms with E-state index in [4.69, 9.17) is 4.74 Å². The molecule has 0 aliphatic rings. The molecule has 0 spiro atoms. The maximum Gasteiger partial charge on any atom is 0.241 e. The lowest BCUT2D eigenvalue weighted by molar-refractivity contribution is -0.122. The number of carbonyl (C=O) groups excluding carboxylic acids is 2. The van der Waals surface area contributed by atoms with E-state index in [0.717, 1.165) is 22.2 Å². The highest BCUT2D eigenvalue weighted by molar-refractivity contribution is 6.04.